The average molecular weight is 199 g/mol. The SMILES string of the molecule is CC1=NCC(c2ccccc2)C(C)=C1C. The first-order valence-corrected chi connectivity index (χ1v) is 5.44. The van der Waals surface area contributed by atoms with Gasteiger partial charge in [0.05, 0.1) is 0 Å². The van der Waals surface area contributed by atoms with Gasteiger partial charge in [-0.05, 0) is 31.9 Å². The Morgan fingerprint density at radius 3 is 2.40 bits per heavy atom. The van der Waals surface area contributed by atoms with Gasteiger partial charge in [0.25, 0.3) is 0 Å². The van der Waals surface area contributed by atoms with E-state index < -0.39 is 0 Å². The monoisotopic (exact) mass is 199 g/mol. The molecule has 15 heavy (non-hydrogen) atoms. The van der Waals surface area contributed by atoms with Gasteiger partial charge >= 0.3 is 0 Å². The number of aliphatic imine (C=N–C) groups is 1. The van der Waals surface area contributed by atoms with Gasteiger partial charge in [-0.15, -0.1) is 0 Å². The maximum atomic E-state index is 4.58. The molecule has 0 spiro atoms. The van der Waals surface area contributed by atoms with Crippen LogP contribution in [0.1, 0.15) is 32.3 Å². The van der Waals surface area contributed by atoms with Crippen molar-refractivity contribution in [3.63, 3.8) is 0 Å². The number of dihydropyridines is 1. The van der Waals surface area contributed by atoms with Crippen LogP contribution in [0.15, 0.2) is 46.5 Å². The zero-order valence-corrected chi connectivity index (χ0v) is 9.62. The highest BCUT2D eigenvalue weighted by Crippen LogP contribution is 2.30. The number of nitrogens with zero attached hydrogens (tertiary/aromatic N) is 1. The van der Waals surface area contributed by atoms with E-state index >= 15 is 0 Å². The van der Waals surface area contributed by atoms with Crippen LogP contribution in [0.4, 0.5) is 0 Å². The van der Waals surface area contributed by atoms with Crippen LogP contribution in [0.5, 0.6) is 0 Å². The van der Waals surface area contributed by atoms with Crippen molar-refractivity contribution in [1.82, 2.24) is 0 Å². The number of benzene rings is 1. The van der Waals surface area contributed by atoms with E-state index in [1.807, 2.05) is 0 Å². The Kier molecular flexibility index (Phi) is 2.72. The summed E-state index contributed by atoms with van der Waals surface area (Å²) in [5, 5.41) is 0. The van der Waals surface area contributed by atoms with Gasteiger partial charge in [0.15, 0.2) is 0 Å². The Morgan fingerprint density at radius 1 is 1.07 bits per heavy atom. The summed E-state index contributed by atoms with van der Waals surface area (Å²) in [5.41, 5.74) is 5.40. The highest BCUT2D eigenvalue weighted by atomic mass is 14.8. The third-order valence-corrected chi connectivity index (χ3v) is 3.37. The molecular weight excluding hydrogens is 182 g/mol. The summed E-state index contributed by atoms with van der Waals surface area (Å²) in [6.07, 6.45) is 0. The molecule has 2 rings (SSSR count). The molecule has 1 aliphatic heterocycles. The lowest BCUT2D eigenvalue weighted by atomic mass is 9.86. The lowest BCUT2D eigenvalue weighted by Gasteiger charge is -2.23. The maximum Gasteiger partial charge on any atom is 0.0498 e. The molecular formula is C14H17N. The minimum Gasteiger partial charge on any atom is -0.289 e. The van der Waals surface area contributed by atoms with Crippen molar-refractivity contribution in [1.29, 1.82) is 0 Å². The Bertz CT molecular complexity index is 412. The van der Waals surface area contributed by atoms with E-state index in [4.69, 9.17) is 0 Å². The molecule has 1 unspecified atom stereocenters. The predicted molar refractivity (Wildman–Crippen MR) is 65.5 cm³/mol. The van der Waals surface area contributed by atoms with E-state index in [0.29, 0.717) is 5.92 Å². The fraction of sp³-hybridized carbons (Fsp3) is 0.357. The minimum absolute atomic E-state index is 0.481. The molecule has 0 N–H and O–H groups in total. The van der Waals surface area contributed by atoms with Crippen LogP contribution < -0.4 is 0 Å². The fourth-order valence-electron chi connectivity index (χ4n) is 2.07. The molecule has 1 heteroatoms. The van der Waals surface area contributed by atoms with Crippen molar-refractivity contribution in [3.8, 4) is 0 Å². The van der Waals surface area contributed by atoms with Gasteiger partial charge in [-0.1, -0.05) is 35.9 Å². The van der Waals surface area contributed by atoms with Crippen LogP contribution in [-0.4, -0.2) is 12.3 Å². The summed E-state index contributed by atoms with van der Waals surface area (Å²) in [7, 11) is 0. The van der Waals surface area contributed by atoms with Crippen LogP contribution in [0.25, 0.3) is 0 Å². The number of rotatable bonds is 1. The van der Waals surface area contributed by atoms with Crippen molar-refractivity contribution in [3.05, 3.63) is 47.0 Å². The lowest BCUT2D eigenvalue weighted by molar-refractivity contribution is 0.779. The molecule has 1 atom stereocenters. The molecule has 1 aliphatic rings. The zero-order chi connectivity index (χ0) is 10.8. The van der Waals surface area contributed by atoms with Crippen LogP contribution in [-0.2, 0) is 0 Å². The molecule has 0 radical (unpaired) electrons. The second kappa shape index (κ2) is 4.01. The quantitative estimate of drug-likeness (QED) is 0.655. The number of hydrogen-bond acceptors (Lipinski definition) is 1. The van der Waals surface area contributed by atoms with Gasteiger partial charge in [-0.3, -0.25) is 4.99 Å². The van der Waals surface area contributed by atoms with Gasteiger partial charge in [-0.25, -0.2) is 0 Å². The van der Waals surface area contributed by atoms with Crippen molar-refractivity contribution >= 4 is 5.71 Å². The van der Waals surface area contributed by atoms with E-state index in [0.717, 1.165) is 6.54 Å². The average Bonchev–Trinajstić information content (AvgIpc) is 2.27. The topological polar surface area (TPSA) is 12.4 Å². The Hall–Kier alpha value is -1.37. The Labute approximate surface area is 91.6 Å². The first-order valence-electron chi connectivity index (χ1n) is 5.44. The maximum absolute atomic E-state index is 4.58. The van der Waals surface area contributed by atoms with E-state index in [-0.39, 0.29) is 0 Å². The molecule has 0 saturated carbocycles. The summed E-state index contributed by atoms with van der Waals surface area (Å²) in [4.78, 5) is 4.58. The van der Waals surface area contributed by atoms with Gasteiger partial charge < -0.3 is 0 Å². The molecule has 0 bridgehead atoms. The number of allylic oxidation sites excluding steroid dienone is 1. The third-order valence-electron chi connectivity index (χ3n) is 3.37. The Morgan fingerprint density at radius 2 is 1.73 bits per heavy atom. The van der Waals surface area contributed by atoms with Crippen molar-refractivity contribution in [2.45, 2.75) is 26.7 Å². The zero-order valence-electron chi connectivity index (χ0n) is 9.62. The van der Waals surface area contributed by atoms with Crippen LogP contribution in [0.2, 0.25) is 0 Å². The summed E-state index contributed by atoms with van der Waals surface area (Å²) >= 11 is 0. The van der Waals surface area contributed by atoms with Crippen molar-refractivity contribution < 1.29 is 0 Å². The van der Waals surface area contributed by atoms with Crippen LogP contribution in [0, 0.1) is 0 Å². The number of hydrogen-bond donors (Lipinski definition) is 0. The summed E-state index contributed by atoms with van der Waals surface area (Å²) in [5.74, 6) is 0.481. The summed E-state index contributed by atoms with van der Waals surface area (Å²) in [6.45, 7) is 7.40. The summed E-state index contributed by atoms with van der Waals surface area (Å²) in [6, 6.07) is 10.6. The third kappa shape index (κ3) is 1.87. The molecule has 1 heterocycles. The molecule has 0 amide bonds. The van der Waals surface area contributed by atoms with Crippen LogP contribution >= 0.6 is 0 Å². The molecule has 0 aromatic heterocycles. The highest BCUT2D eigenvalue weighted by Gasteiger charge is 2.19. The predicted octanol–water partition coefficient (Wildman–Crippen LogP) is 3.58. The molecule has 1 nitrogen and oxygen atoms in total. The van der Waals surface area contributed by atoms with Gasteiger partial charge in [0.2, 0.25) is 0 Å². The molecule has 0 saturated heterocycles. The lowest BCUT2D eigenvalue weighted by Crippen LogP contribution is -2.15. The van der Waals surface area contributed by atoms with E-state index in [1.165, 1.54) is 22.4 Å². The second-order valence-electron chi connectivity index (χ2n) is 4.20. The summed E-state index contributed by atoms with van der Waals surface area (Å²) < 4.78 is 0. The molecule has 0 fully saturated rings. The van der Waals surface area contributed by atoms with Gasteiger partial charge in [0, 0.05) is 18.2 Å². The standard InChI is InChI=1S/C14H17N/c1-10-11(2)14(9-15-12(10)3)13-7-5-4-6-8-13/h4-8,14H,9H2,1-3H3. The normalized spacial score (nSPS) is 21.5. The molecule has 78 valence electrons. The van der Waals surface area contributed by atoms with Crippen molar-refractivity contribution in [2.75, 3.05) is 6.54 Å². The fourth-order valence-corrected chi connectivity index (χ4v) is 2.07. The van der Waals surface area contributed by atoms with Gasteiger partial charge in [0.1, 0.15) is 0 Å². The Balaban J connectivity index is 2.36. The molecule has 1 aromatic rings. The molecule has 1 aromatic carbocycles. The molecule has 0 aliphatic carbocycles. The van der Waals surface area contributed by atoms with E-state index in [1.54, 1.807) is 0 Å². The van der Waals surface area contributed by atoms with Crippen LogP contribution in [0.3, 0.4) is 0 Å². The van der Waals surface area contributed by atoms with E-state index in [9.17, 15) is 0 Å². The second-order valence-corrected chi connectivity index (χ2v) is 4.20. The van der Waals surface area contributed by atoms with E-state index in [2.05, 4.69) is 56.1 Å². The van der Waals surface area contributed by atoms with Crippen molar-refractivity contribution in [2.24, 2.45) is 4.99 Å². The first kappa shape index (κ1) is 10.2. The van der Waals surface area contributed by atoms with Gasteiger partial charge in [-0.2, -0.15) is 0 Å². The highest BCUT2D eigenvalue weighted by molar-refractivity contribution is 5.99. The smallest absolute Gasteiger partial charge is 0.0498 e. The first-order chi connectivity index (χ1) is 7.20. The minimum atomic E-state index is 0.481. The largest absolute Gasteiger partial charge is 0.289 e.